The summed E-state index contributed by atoms with van der Waals surface area (Å²) in [5, 5.41) is 10.3. The number of nitrogens with one attached hydrogen (secondary N) is 2. The van der Waals surface area contributed by atoms with Gasteiger partial charge in [0.25, 0.3) is 5.95 Å². The second-order valence-corrected chi connectivity index (χ2v) is 5.17. The third kappa shape index (κ3) is 4.11. The Kier molecular flexibility index (Phi) is 5.02. The first-order valence-corrected chi connectivity index (χ1v) is 7.17. The zero-order chi connectivity index (χ0) is 15.2. The monoisotopic (exact) mass is 290 g/mol. The standard InChI is InChI=1S/C13H22N8/c1-5-9(2)6-10(3)17-12-18-11(14-4)19-13(20-12)21-8-15-7-16-21/h7-10H,5-6H2,1-4H3,(H2,14,17,18,19,20). The van der Waals surface area contributed by atoms with Crippen LogP contribution in [0.1, 0.15) is 33.6 Å². The van der Waals surface area contributed by atoms with Gasteiger partial charge in [-0.1, -0.05) is 20.3 Å². The molecule has 2 N–H and O–H groups in total. The van der Waals surface area contributed by atoms with Gasteiger partial charge in [-0.3, -0.25) is 0 Å². The van der Waals surface area contributed by atoms with E-state index in [0.717, 1.165) is 12.8 Å². The van der Waals surface area contributed by atoms with Gasteiger partial charge in [0.05, 0.1) is 0 Å². The largest absolute Gasteiger partial charge is 0.357 e. The van der Waals surface area contributed by atoms with Gasteiger partial charge in [0.15, 0.2) is 0 Å². The Morgan fingerprint density at radius 2 is 1.95 bits per heavy atom. The molecule has 0 aliphatic rings. The Hall–Kier alpha value is -2.25. The molecule has 0 aliphatic carbocycles. The van der Waals surface area contributed by atoms with Crippen LogP contribution in [0.15, 0.2) is 12.7 Å². The van der Waals surface area contributed by atoms with E-state index in [1.54, 1.807) is 13.4 Å². The van der Waals surface area contributed by atoms with E-state index in [2.05, 4.69) is 56.4 Å². The third-order valence-corrected chi connectivity index (χ3v) is 3.30. The van der Waals surface area contributed by atoms with Crippen LogP contribution in [0.25, 0.3) is 5.95 Å². The third-order valence-electron chi connectivity index (χ3n) is 3.30. The average Bonchev–Trinajstić information content (AvgIpc) is 3.00. The van der Waals surface area contributed by atoms with Crippen LogP contribution >= 0.6 is 0 Å². The van der Waals surface area contributed by atoms with E-state index in [4.69, 9.17) is 0 Å². The van der Waals surface area contributed by atoms with Crippen molar-refractivity contribution in [3.63, 3.8) is 0 Å². The van der Waals surface area contributed by atoms with Crippen LogP contribution in [0.4, 0.5) is 11.9 Å². The lowest BCUT2D eigenvalue weighted by Gasteiger charge is -2.17. The summed E-state index contributed by atoms with van der Waals surface area (Å²) in [5.74, 6) is 2.13. The number of hydrogen-bond donors (Lipinski definition) is 2. The van der Waals surface area contributed by atoms with E-state index in [-0.39, 0.29) is 6.04 Å². The molecule has 0 amide bonds. The fourth-order valence-electron chi connectivity index (χ4n) is 2.00. The first-order chi connectivity index (χ1) is 10.1. The zero-order valence-electron chi connectivity index (χ0n) is 12.9. The van der Waals surface area contributed by atoms with Gasteiger partial charge in [-0.05, 0) is 19.3 Å². The molecule has 8 heteroatoms. The normalized spacial score (nSPS) is 13.7. The maximum Gasteiger partial charge on any atom is 0.258 e. The maximum atomic E-state index is 4.38. The highest BCUT2D eigenvalue weighted by Crippen LogP contribution is 2.14. The van der Waals surface area contributed by atoms with Gasteiger partial charge in [-0.15, -0.1) is 0 Å². The van der Waals surface area contributed by atoms with Crippen LogP contribution < -0.4 is 10.6 Å². The molecule has 2 atom stereocenters. The molecule has 0 saturated heterocycles. The van der Waals surface area contributed by atoms with Gasteiger partial charge in [0.2, 0.25) is 11.9 Å². The molecule has 0 radical (unpaired) electrons. The van der Waals surface area contributed by atoms with E-state index < -0.39 is 0 Å². The summed E-state index contributed by atoms with van der Waals surface area (Å²) < 4.78 is 1.51. The summed E-state index contributed by atoms with van der Waals surface area (Å²) in [6, 6.07) is 0.288. The van der Waals surface area contributed by atoms with Crippen molar-refractivity contribution in [1.29, 1.82) is 0 Å². The Labute approximate surface area is 124 Å². The molecule has 21 heavy (non-hydrogen) atoms. The Bertz CT molecular complexity index is 553. The first-order valence-electron chi connectivity index (χ1n) is 7.17. The van der Waals surface area contributed by atoms with Gasteiger partial charge in [0, 0.05) is 13.1 Å². The fourth-order valence-corrected chi connectivity index (χ4v) is 2.00. The summed E-state index contributed by atoms with van der Waals surface area (Å²) in [5.41, 5.74) is 0. The highest BCUT2D eigenvalue weighted by atomic mass is 15.4. The lowest BCUT2D eigenvalue weighted by Crippen LogP contribution is -2.21. The van der Waals surface area contributed by atoms with Gasteiger partial charge < -0.3 is 10.6 Å². The molecular weight excluding hydrogens is 268 g/mol. The van der Waals surface area contributed by atoms with Gasteiger partial charge in [-0.2, -0.15) is 24.7 Å². The van der Waals surface area contributed by atoms with Crippen molar-refractivity contribution in [1.82, 2.24) is 29.7 Å². The van der Waals surface area contributed by atoms with Crippen LogP contribution in [-0.4, -0.2) is 42.8 Å². The van der Waals surface area contributed by atoms with Gasteiger partial charge in [0.1, 0.15) is 12.7 Å². The summed E-state index contributed by atoms with van der Waals surface area (Å²) in [7, 11) is 1.77. The number of hydrogen-bond acceptors (Lipinski definition) is 7. The van der Waals surface area contributed by atoms with Crippen molar-refractivity contribution in [2.24, 2.45) is 5.92 Å². The minimum atomic E-state index is 0.288. The quantitative estimate of drug-likeness (QED) is 0.802. The molecule has 2 heterocycles. The highest BCUT2D eigenvalue weighted by molar-refractivity contribution is 5.37. The Morgan fingerprint density at radius 3 is 2.57 bits per heavy atom. The van der Waals surface area contributed by atoms with Crippen molar-refractivity contribution in [3.05, 3.63) is 12.7 Å². The molecule has 2 rings (SSSR count). The number of rotatable bonds is 7. The number of nitrogens with zero attached hydrogens (tertiary/aromatic N) is 6. The zero-order valence-corrected chi connectivity index (χ0v) is 12.9. The van der Waals surface area contributed by atoms with Gasteiger partial charge >= 0.3 is 0 Å². The Balaban J connectivity index is 2.17. The summed E-state index contributed by atoms with van der Waals surface area (Å²) >= 11 is 0. The van der Waals surface area contributed by atoms with E-state index in [1.165, 1.54) is 11.0 Å². The molecule has 114 valence electrons. The molecule has 0 saturated carbocycles. The molecular formula is C13H22N8. The minimum absolute atomic E-state index is 0.288. The lowest BCUT2D eigenvalue weighted by molar-refractivity contribution is 0.482. The molecule has 0 aromatic carbocycles. The molecule has 2 aromatic heterocycles. The van der Waals surface area contributed by atoms with Crippen molar-refractivity contribution in [2.45, 2.75) is 39.7 Å². The van der Waals surface area contributed by atoms with Crippen molar-refractivity contribution in [2.75, 3.05) is 17.7 Å². The second-order valence-electron chi connectivity index (χ2n) is 5.17. The van der Waals surface area contributed by atoms with Crippen LogP contribution in [0.3, 0.4) is 0 Å². The number of anilines is 2. The van der Waals surface area contributed by atoms with Crippen LogP contribution in [0.5, 0.6) is 0 Å². The molecule has 0 bridgehead atoms. The molecule has 2 unspecified atom stereocenters. The van der Waals surface area contributed by atoms with Crippen molar-refractivity contribution >= 4 is 11.9 Å². The lowest BCUT2D eigenvalue weighted by atomic mass is 10.0. The smallest absolute Gasteiger partial charge is 0.258 e. The minimum Gasteiger partial charge on any atom is -0.357 e. The molecule has 0 aliphatic heterocycles. The van der Waals surface area contributed by atoms with E-state index in [1.807, 2.05) is 0 Å². The van der Waals surface area contributed by atoms with Crippen LogP contribution in [0, 0.1) is 5.92 Å². The highest BCUT2D eigenvalue weighted by Gasteiger charge is 2.12. The van der Waals surface area contributed by atoms with E-state index in [9.17, 15) is 0 Å². The number of aromatic nitrogens is 6. The van der Waals surface area contributed by atoms with Gasteiger partial charge in [-0.25, -0.2) is 4.98 Å². The molecule has 0 fully saturated rings. The van der Waals surface area contributed by atoms with Crippen molar-refractivity contribution in [3.8, 4) is 5.95 Å². The predicted octanol–water partition coefficient (Wildman–Crippen LogP) is 1.73. The molecule has 2 aromatic rings. The summed E-state index contributed by atoms with van der Waals surface area (Å²) in [6.07, 6.45) is 5.23. The molecule has 8 nitrogen and oxygen atoms in total. The van der Waals surface area contributed by atoms with E-state index >= 15 is 0 Å². The first kappa shape index (κ1) is 15.1. The second kappa shape index (κ2) is 6.96. The fraction of sp³-hybridized carbons (Fsp3) is 0.615. The maximum absolute atomic E-state index is 4.38. The topological polar surface area (TPSA) is 93.4 Å². The summed E-state index contributed by atoms with van der Waals surface area (Å²) in [4.78, 5) is 16.9. The Morgan fingerprint density at radius 1 is 1.19 bits per heavy atom. The predicted molar refractivity (Wildman–Crippen MR) is 81.4 cm³/mol. The average molecular weight is 290 g/mol. The molecule has 0 spiro atoms. The summed E-state index contributed by atoms with van der Waals surface area (Å²) in [6.45, 7) is 6.57. The van der Waals surface area contributed by atoms with Crippen LogP contribution in [-0.2, 0) is 0 Å². The van der Waals surface area contributed by atoms with Crippen LogP contribution in [0.2, 0.25) is 0 Å². The van der Waals surface area contributed by atoms with Crippen molar-refractivity contribution < 1.29 is 0 Å². The van der Waals surface area contributed by atoms with E-state index in [0.29, 0.717) is 23.8 Å². The SMILES string of the molecule is CCC(C)CC(C)Nc1nc(NC)nc(-n2cncn2)n1.